The van der Waals surface area contributed by atoms with Crippen LogP contribution in [0.5, 0.6) is 0 Å². The average Bonchev–Trinajstić information content (AvgIpc) is 2.38. The van der Waals surface area contributed by atoms with Gasteiger partial charge in [0.2, 0.25) is 0 Å². The number of anilines is 1. The summed E-state index contributed by atoms with van der Waals surface area (Å²) in [5.41, 5.74) is -0.337. The Morgan fingerprint density at radius 3 is 2.60 bits per heavy atom. The third kappa shape index (κ3) is 3.92. The predicted molar refractivity (Wildman–Crippen MR) is 75.9 cm³/mol. The van der Waals surface area contributed by atoms with Crippen LogP contribution in [0, 0.1) is 10.1 Å². The summed E-state index contributed by atoms with van der Waals surface area (Å²) in [5, 5.41) is 25.8. The molecule has 0 atom stereocenters. The zero-order valence-corrected chi connectivity index (χ0v) is 11.8. The Bertz CT molecular complexity index is 514. The first-order valence-electron chi connectivity index (χ1n) is 6.26. The molecule has 0 saturated carbocycles. The first-order chi connectivity index (χ1) is 9.30. The lowest BCUT2D eigenvalue weighted by molar-refractivity contribution is -0.384. The lowest BCUT2D eigenvalue weighted by atomic mass is 10.1. The van der Waals surface area contributed by atoms with Crippen molar-refractivity contribution in [1.29, 1.82) is 0 Å². The summed E-state index contributed by atoms with van der Waals surface area (Å²) < 4.78 is 0. The summed E-state index contributed by atoms with van der Waals surface area (Å²) >= 11 is 0. The van der Waals surface area contributed by atoms with Gasteiger partial charge in [-0.1, -0.05) is 0 Å². The van der Waals surface area contributed by atoms with Gasteiger partial charge in [0.25, 0.3) is 11.6 Å². The van der Waals surface area contributed by atoms with E-state index >= 15 is 0 Å². The van der Waals surface area contributed by atoms with Crippen LogP contribution in [-0.2, 0) is 0 Å². The molecule has 1 aromatic rings. The summed E-state index contributed by atoms with van der Waals surface area (Å²) in [4.78, 5) is 22.2. The van der Waals surface area contributed by atoms with Gasteiger partial charge in [0.1, 0.15) is 5.69 Å². The van der Waals surface area contributed by atoms with E-state index in [1.165, 1.54) is 18.2 Å². The van der Waals surface area contributed by atoms with E-state index in [4.69, 9.17) is 0 Å². The van der Waals surface area contributed by atoms with E-state index < -0.39 is 10.5 Å². The number of nitro groups is 1. The molecule has 1 amide bonds. The molecule has 0 aliphatic rings. The van der Waals surface area contributed by atoms with Crippen LogP contribution < -0.4 is 10.6 Å². The largest absolute Gasteiger partial charge is 0.394 e. The lowest BCUT2D eigenvalue weighted by Gasteiger charge is -2.24. The number of carbonyl (C=O) groups is 1. The Morgan fingerprint density at radius 1 is 1.45 bits per heavy atom. The molecular formula is C13H19N3O4. The number of hydrogen-bond acceptors (Lipinski definition) is 5. The molecule has 0 aliphatic carbocycles. The summed E-state index contributed by atoms with van der Waals surface area (Å²) in [6, 6.07) is 4.10. The van der Waals surface area contributed by atoms with Gasteiger partial charge >= 0.3 is 0 Å². The van der Waals surface area contributed by atoms with Gasteiger partial charge in [0, 0.05) is 18.2 Å². The second kappa shape index (κ2) is 6.33. The van der Waals surface area contributed by atoms with Gasteiger partial charge in [-0.15, -0.1) is 0 Å². The van der Waals surface area contributed by atoms with Crippen LogP contribution in [-0.4, -0.2) is 34.6 Å². The minimum Gasteiger partial charge on any atom is -0.394 e. The van der Waals surface area contributed by atoms with E-state index in [0.29, 0.717) is 12.1 Å². The van der Waals surface area contributed by atoms with E-state index in [9.17, 15) is 20.0 Å². The van der Waals surface area contributed by atoms with Crippen LogP contribution in [0.15, 0.2) is 18.2 Å². The summed E-state index contributed by atoms with van der Waals surface area (Å²) in [7, 11) is 0. The number of aliphatic hydroxyl groups excluding tert-OH is 1. The van der Waals surface area contributed by atoms with Crippen molar-refractivity contribution in [2.75, 3.05) is 18.5 Å². The van der Waals surface area contributed by atoms with Crippen molar-refractivity contribution in [2.45, 2.75) is 26.3 Å². The fourth-order valence-electron chi connectivity index (χ4n) is 1.60. The fourth-order valence-corrected chi connectivity index (χ4v) is 1.60. The van der Waals surface area contributed by atoms with Crippen LogP contribution in [0.3, 0.4) is 0 Å². The number of nitro benzene ring substituents is 1. The molecule has 0 saturated heterocycles. The van der Waals surface area contributed by atoms with Crippen molar-refractivity contribution in [3.05, 3.63) is 33.9 Å². The maximum Gasteiger partial charge on any atom is 0.292 e. The predicted octanol–water partition coefficient (Wildman–Crippen LogP) is 1.53. The highest BCUT2D eigenvalue weighted by atomic mass is 16.6. The molecule has 0 bridgehead atoms. The molecule has 3 N–H and O–H groups in total. The number of nitrogens with zero attached hydrogens (tertiary/aromatic N) is 1. The maximum atomic E-state index is 11.8. The molecule has 7 nitrogen and oxygen atoms in total. The van der Waals surface area contributed by atoms with Gasteiger partial charge in [-0.2, -0.15) is 0 Å². The first kappa shape index (κ1) is 15.9. The molecule has 110 valence electrons. The topological polar surface area (TPSA) is 104 Å². The normalized spacial score (nSPS) is 11.0. The Labute approximate surface area is 117 Å². The van der Waals surface area contributed by atoms with Crippen molar-refractivity contribution in [2.24, 2.45) is 0 Å². The van der Waals surface area contributed by atoms with Crippen LogP contribution in [0.1, 0.15) is 31.1 Å². The third-order valence-electron chi connectivity index (χ3n) is 2.66. The minimum atomic E-state index is -0.732. The molecule has 20 heavy (non-hydrogen) atoms. The van der Waals surface area contributed by atoms with Gasteiger partial charge in [0.05, 0.1) is 17.1 Å². The van der Waals surface area contributed by atoms with Gasteiger partial charge in [0.15, 0.2) is 0 Å². The highest BCUT2D eigenvalue weighted by Gasteiger charge is 2.23. The number of hydrogen-bond donors (Lipinski definition) is 3. The Balaban J connectivity index is 3.19. The molecule has 7 heteroatoms. The number of amides is 1. The molecular weight excluding hydrogens is 262 g/mol. The van der Waals surface area contributed by atoms with Gasteiger partial charge < -0.3 is 15.7 Å². The quantitative estimate of drug-likeness (QED) is 0.541. The van der Waals surface area contributed by atoms with Crippen LogP contribution in [0.25, 0.3) is 0 Å². The Kier molecular flexibility index (Phi) is 5.04. The Hall–Kier alpha value is -2.15. The summed E-state index contributed by atoms with van der Waals surface area (Å²) in [5.74, 6) is -0.299. The minimum absolute atomic E-state index is 0.139. The van der Waals surface area contributed by atoms with Gasteiger partial charge in [-0.25, -0.2) is 0 Å². The van der Waals surface area contributed by atoms with Gasteiger partial charge in [-0.3, -0.25) is 14.9 Å². The zero-order valence-electron chi connectivity index (χ0n) is 11.8. The van der Waals surface area contributed by atoms with Crippen molar-refractivity contribution >= 4 is 17.3 Å². The first-order valence-corrected chi connectivity index (χ1v) is 6.26. The van der Waals surface area contributed by atoms with Crippen LogP contribution >= 0.6 is 0 Å². The van der Waals surface area contributed by atoms with Crippen molar-refractivity contribution < 1.29 is 14.8 Å². The van der Waals surface area contributed by atoms with E-state index in [1.54, 1.807) is 20.8 Å². The molecule has 0 unspecified atom stereocenters. The molecule has 0 radical (unpaired) electrons. The lowest BCUT2D eigenvalue weighted by Crippen LogP contribution is -2.35. The average molecular weight is 281 g/mol. The number of nitrogens with one attached hydrogen (secondary N) is 2. The molecule has 0 fully saturated rings. The van der Waals surface area contributed by atoms with E-state index in [0.717, 1.165) is 0 Å². The molecule has 0 spiro atoms. The summed E-state index contributed by atoms with van der Waals surface area (Å²) in [6.07, 6.45) is 0. The zero-order chi connectivity index (χ0) is 15.3. The molecule has 0 heterocycles. The number of rotatable bonds is 6. The highest BCUT2D eigenvalue weighted by Crippen LogP contribution is 2.28. The fraction of sp³-hybridized carbons (Fsp3) is 0.462. The van der Waals surface area contributed by atoms with Crippen molar-refractivity contribution in [3.63, 3.8) is 0 Å². The number of aliphatic hydroxyl groups is 1. The molecule has 1 aromatic carbocycles. The van der Waals surface area contributed by atoms with E-state index in [1.807, 2.05) is 0 Å². The smallest absolute Gasteiger partial charge is 0.292 e. The second-order valence-corrected chi connectivity index (χ2v) is 5.02. The monoisotopic (exact) mass is 281 g/mol. The van der Waals surface area contributed by atoms with E-state index in [2.05, 4.69) is 10.6 Å². The van der Waals surface area contributed by atoms with Crippen LogP contribution in [0.4, 0.5) is 11.4 Å². The molecule has 0 aliphatic heterocycles. The SMILES string of the molecule is CCNC(=O)c1ccc([N+](=O)[O-])c(NC(C)(C)CO)c1. The second-order valence-electron chi connectivity index (χ2n) is 5.02. The van der Waals surface area contributed by atoms with Crippen LogP contribution in [0.2, 0.25) is 0 Å². The van der Waals surface area contributed by atoms with Crippen molar-refractivity contribution in [1.82, 2.24) is 5.32 Å². The van der Waals surface area contributed by atoms with Crippen molar-refractivity contribution in [3.8, 4) is 0 Å². The third-order valence-corrected chi connectivity index (χ3v) is 2.66. The summed E-state index contributed by atoms with van der Waals surface area (Å²) in [6.45, 7) is 5.47. The molecule has 1 rings (SSSR count). The maximum absolute atomic E-state index is 11.8. The number of benzene rings is 1. The highest BCUT2D eigenvalue weighted by molar-refractivity contribution is 5.95. The van der Waals surface area contributed by atoms with Gasteiger partial charge in [-0.05, 0) is 32.9 Å². The number of carbonyl (C=O) groups excluding carboxylic acids is 1. The standard InChI is InChI=1S/C13H19N3O4/c1-4-14-12(18)9-5-6-11(16(19)20)10(7-9)15-13(2,3)8-17/h5-7,15,17H,4,8H2,1-3H3,(H,14,18). The van der Waals surface area contributed by atoms with E-state index in [-0.39, 0.29) is 23.9 Å². The Morgan fingerprint density at radius 2 is 2.10 bits per heavy atom. The molecule has 0 aromatic heterocycles.